The zero-order valence-corrected chi connectivity index (χ0v) is 10.1. The van der Waals surface area contributed by atoms with E-state index < -0.39 is 0 Å². The molecule has 0 radical (unpaired) electrons. The molecule has 1 atom stereocenters. The number of piperidine rings is 1. The third-order valence-electron chi connectivity index (χ3n) is 3.11. The van der Waals surface area contributed by atoms with Crippen molar-refractivity contribution in [1.82, 2.24) is 20.2 Å². The van der Waals surface area contributed by atoms with Gasteiger partial charge < -0.3 is 10.2 Å². The molecule has 2 heterocycles. The molecule has 5 nitrogen and oxygen atoms in total. The Morgan fingerprint density at radius 2 is 2.41 bits per heavy atom. The first-order valence-corrected chi connectivity index (χ1v) is 6.04. The maximum absolute atomic E-state index is 12.3. The summed E-state index contributed by atoms with van der Waals surface area (Å²) in [4.78, 5) is 22.2. The van der Waals surface area contributed by atoms with Crippen molar-refractivity contribution in [3.63, 3.8) is 0 Å². The molecule has 1 N–H and O–H groups in total. The summed E-state index contributed by atoms with van der Waals surface area (Å²) in [6.07, 6.45) is 8.01. The van der Waals surface area contributed by atoms with Gasteiger partial charge in [0.1, 0.15) is 5.69 Å². The molecule has 1 aliphatic heterocycles. The Morgan fingerprint density at radius 3 is 3.12 bits per heavy atom. The van der Waals surface area contributed by atoms with Crippen molar-refractivity contribution >= 4 is 5.91 Å². The van der Waals surface area contributed by atoms with Crippen LogP contribution in [0.5, 0.6) is 0 Å². The van der Waals surface area contributed by atoms with Crippen LogP contribution >= 0.6 is 0 Å². The highest BCUT2D eigenvalue weighted by molar-refractivity contribution is 5.92. The highest BCUT2D eigenvalue weighted by Gasteiger charge is 2.27. The molecule has 0 spiro atoms. The minimum absolute atomic E-state index is 0.00181. The fraction of sp³-hybridized carbons (Fsp3) is 0.583. The van der Waals surface area contributed by atoms with E-state index in [1.54, 1.807) is 12.4 Å². The monoisotopic (exact) mass is 234 g/mol. The van der Waals surface area contributed by atoms with E-state index >= 15 is 0 Å². The number of rotatable bonds is 3. The number of aromatic nitrogens is 2. The summed E-state index contributed by atoms with van der Waals surface area (Å²) in [5, 5.41) is 3.14. The molecule has 0 aliphatic carbocycles. The smallest absolute Gasteiger partial charge is 0.274 e. The van der Waals surface area contributed by atoms with Gasteiger partial charge in [0.05, 0.1) is 6.20 Å². The quantitative estimate of drug-likeness (QED) is 0.836. The van der Waals surface area contributed by atoms with Gasteiger partial charge in [-0.1, -0.05) is 0 Å². The van der Waals surface area contributed by atoms with Crippen LogP contribution in [0.1, 0.15) is 29.8 Å². The molecular formula is C12H18N4O. The first kappa shape index (κ1) is 12.0. The van der Waals surface area contributed by atoms with Crippen LogP contribution in [-0.4, -0.2) is 47.0 Å². The fourth-order valence-corrected chi connectivity index (χ4v) is 2.27. The highest BCUT2D eigenvalue weighted by atomic mass is 16.2. The van der Waals surface area contributed by atoms with Gasteiger partial charge in [-0.2, -0.15) is 0 Å². The maximum atomic E-state index is 12.3. The van der Waals surface area contributed by atoms with E-state index in [-0.39, 0.29) is 11.9 Å². The van der Waals surface area contributed by atoms with Crippen molar-refractivity contribution in [2.75, 3.05) is 20.1 Å². The molecule has 1 amide bonds. The van der Waals surface area contributed by atoms with E-state index in [9.17, 15) is 4.79 Å². The first-order chi connectivity index (χ1) is 8.33. The van der Waals surface area contributed by atoms with Crippen molar-refractivity contribution in [2.24, 2.45) is 0 Å². The molecule has 92 valence electrons. The fourth-order valence-electron chi connectivity index (χ4n) is 2.27. The standard InChI is InChI=1S/C12H18N4O/c1-13-8-10-4-2-3-7-16(10)12(17)11-9-14-5-6-15-11/h5-6,9-10,13H,2-4,7-8H2,1H3. The van der Waals surface area contributed by atoms with Crippen LogP contribution in [-0.2, 0) is 0 Å². The van der Waals surface area contributed by atoms with E-state index in [1.807, 2.05) is 11.9 Å². The number of likely N-dealkylation sites (tertiary alicyclic amines) is 1. The van der Waals surface area contributed by atoms with Gasteiger partial charge in [-0.25, -0.2) is 4.98 Å². The lowest BCUT2D eigenvalue weighted by molar-refractivity contribution is 0.0608. The van der Waals surface area contributed by atoms with Gasteiger partial charge in [-0.05, 0) is 26.3 Å². The molecule has 0 aromatic carbocycles. The largest absolute Gasteiger partial charge is 0.333 e. The van der Waals surface area contributed by atoms with Gasteiger partial charge in [-0.3, -0.25) is 9.78 Å². The van der Waals surface area contributed by atoms with Crippen LogP contribution < -0.4 is 5.32 Å². The third kappa shape index (κ3) is 2.79. The molecule has 1 aliphatic rings. The van der Waals surface area contributed by atoms with Crippen molar-refractivity contribution in [1.29, 1.82) is 0 Å². The van der Waals surface area contributed by atoms with E-state index in [2.05, 4.69) is 15.3 Å². The number of nitrogens with one attached hydrogen (secondary N) is 1. The van der Waals surface area contributed by atoms with Gasteiger partial charge in [0, 0.05) is 31.5 Å². The molecule has 1 unspecified atom stereocenters. The maximum Gasteiger partial charge on any atom is 0.274 e. The Morgan fingerprint density at radius 1 is 1.53 bits per heavy atom. The molecule has 1 saturated heterocycles. The second-order valence-corrected chi connectivity index (χ2v) is 4.30. The van der Waals surface area contributed by atoms with Crippen molar-refractivity contribution in [3.8, 4) is 0 Å². The van der Waals surface area contributed by atoms with Gasteiger partial charge >= 0.3 is 0 Å². The lowest BCUT2D eigenvalue weighted by Crippen LogP contribution is -2.48. The van der Waals surface area contributed by atoms with Crippen LogP contribution in [0, 0.1) is 0 Å². The second kappa shape index (κ2) is 5.72. The number of nitrogens with zero attached hydrogens (tertiary/aromatic N) is 3. The predicted molar refractivity (Wildman–Crippen MR) is 64.6 cm³/mol. The van der Waals surface area contributed by atoms with Crippen LogP contribution in [0.15, 0.2) is 18.6 Å². The van der Waals surface area contributed by atoms with E-state index in [0.717, 1.165) is 25.9 Å². The summed E-state index contributed by atoms with van der Waals surface area (Å²) in [5.74, 6) is -0.00181. The zero-order valence-electron chi connectivity index (χ0n) is 10.1. The van der Waals surface area contributed by atoms with E-state index in [0.29, 0.717) is 5.69 Å². The van der Waals surface area contributed by atoms with Crippen LogP contribution in [0.4, 0.5) is 0 Å². The average Bonchev–Trinajstić information content (AvgIpc) is 2.40. The molecule has 0 bridgehead atoms. The molecule has 2 rings (SSSR count). The molecule has 1 fully saturated rings. The number of amides is 1. The number of hydrogen-bond acceptors (Lipinski definition) is 4. The summed E-state index contributed by atoms with van der Waals surface area (Å²) >= 11 is 0. The summed E-state index contributed by atoms with van der Waals surface area (Å²) in [6.45, 7) is 1.66. The lowest BCUT2D eigenvalue weighted by atomic mass is 10.0. The minimum Gasteiger partial charge on any atom is -0.333 e. The van der Waals surface area contributed by atoms with Gasteiger partial charge in [0.2, 0.25) is 0 Å². The summed E-state index contributed by atoms with van der Waals surface area (Å²) in [7, 11) is 1.92. The minimum atomic E-state index is -0.00181. The van der Waals surface area contributed by atoms with Gasteiger partial charge in [0.25, 0.3) is 5.91 Å². The molecule has 1 aromatic rings. The molecule has 5 heteroatoms. The van der Waals surface area contributed by atoms with E-state index in [4.69, 9.17) is 0 Å². The average molecular weight is 234 g/mol. The van der Waals surface area contributed by atoms with Gasteiger partial charge in [0.15, 0.2) is 0 Å². The summed E-state index contributed by atoms with van der Waals surface area (Å²) in [5.41, 5.74) is 0.440. The summed E-state index contributed by atoms with van der Waals surface area (Å²) < 4.78 is 0. The number of carbonyl (C=O) groups excluding carboxylic acids is 1. The number of hydrogen-bond donors (Lipinski definition) is 1. The lowest BCUT2D eigenvalue weighted by Gasteiger charge is -2.35. The van der Waals surface area contributed by atoms with Crippen molar-refractivity contribution < 1.29 is 4.79 Å². The Hall–Kier alpha value is -1.49. The van der Waals surface area contributed by atoms with Gasteiger partial charge in [-0.15, -0.1) is 0 Å². The van der Waals surface area contributed by atoms with Crippen LogP contribution in [0.2, 0.25) is 0 Å². The second-order valence-electron chi connectivity index (χ2n) is 4.30. The third-order valence-corrected chi connectivity index (χ3v) is 3.11. The van der Waals surface area contributed by atoms with Crippen molar-refractivity contribution in [3.05, 3.63) is 24.3 Å². The topological polar surface area (TPSA) is 58.1 Å². The molecule has 1 aromatic heterocycles. The van der Waals surface area contributed by atoms with Crippen LogP contribution in [0.25, 0.3) is 0 Å². The SMILES string of the molecule is CNCC1CCCCN1C(=O)c1cnccn1. The Kier molecular flexibility index (Phi) is 4.03. The highest BCUT2D eigenvalue weighted by Crippen LogP contribution is 2.18. The summed E-state index contributed by atoms with van der Waals surface area (Å²) in [6, 6.07) is 0.281. The number of likely N-dealkylation sites (N-methyl/N-ethyl adjacent to an activating group) is 1. The predicted octanol–water partition coefficient (Wildman–Crippen LogP) is 0.691. The van der Waals surface area contributed by atoms with Crippen LogP contribution in [0.3, 0.4) is 0 Å². The zero-order chi connectivity index (χ0) is 12.1. The Balaban J connectivity index is 2.11. The normalized spacial score (nSPS) is 20.3. The van der Waals surface area contributed by atoms with E-state index in [1.165, 1.54) is 12.6 Å². The number of carbonyl (C=O) groups is 1. The molecule has 0 saturated carbocycles. The molecule has 17 heavy (non-hydrogen) atoms. The Labute approximate surface area is 101 Å². The molecular weight excluding hydrogens is 216 g/mol. The van der Waals surface area contributed by atoms with Crippen molar-refractivity contribution in [2.45, 2.75) is 25.3 Å². The Bertz CT molecular complexity index is 366. The first-order valence-electron chi connectivity index (χ1n) is 6.04.